The summed E-state index contributed by atoms with van der Waals surface area (Å²) in [5.74, 6) is -0.769. The number of benzene rings is 1. The predicted molar refractivity (Wildman–Crippen MR) is 121 cm³/mol. The summed E-state index contributed by atoms with van der Waals surface area (Å²) in [5.41, 5.74) is 5.59. The molecule has 168 valence electrons. The molecular formula is C25H29N3O4. The van der Waals surface area contributed by atoms with E-state index in [0.717, 1.165) is 47.6 Å². The summed E-state index contributed by atoms with van der Waals surface area (Å²) >= 11 is 0. The summed E-state index contributed by atoms with van der Waals surface area (Å²) in [7, 11) is 1.66. The van der Waals surface area contributed by atoms with Gasteiger partial charge in [0.25, 0.3) is 0 Å². The lowest BCUT2D eigenvalue weighted by molar-refractivity contribution is 0.0467. The summed E-state index contributed by atoms with van der Waals surface area (Å²) < 4.78 is 14.6. The van der Waals surface area contributed by atoms with E-state index in [0.29, 0.717) is 17.9 Å². The number of hydrogen-bond acceptors (Lipinski definition) is 5. The number of aromatic nitrogens is 3. The van der Waals surface area contributed by atoms with E-state index in [1.54, 1.807) is 7.11 Å². The van der Waals surface area contributed by atoms with Gasteiger partial charge in [-0.05, 0) is 58.2 Å². The molecule has 0 saturated heterocycles. The van der Waals surface area contributed by atoms with Crippen LogP contribution in [-0.4, -0.2) is 46.4 Å². The fourth-order valence-electron chi connectivity index (χ4n) is 4.71. The van der Waals surface area contributed by atoms with Gasteiger partial charge < -0.3 is 14.0 Å². The molecule has 0 N–H and O–H groups in total. The summed E-state index contributed by atoms with van der Waals surface area (Å²) in [6, 6.07) is 11.7. The second-order valence-corrected chi connectivity index (χ2v) is 8.33. The maximum atomic E-state index is 12.9. The summed E-state index contributed by atoms with van der Waals surface area (Å²) in [6.07, 6.45) is 2.64. The number of carbonyl (C=O) groups excluding carboxylic acids is 2. The van der Waals surface area contributed by atoms with E-state index >= 15 is 0 Å². The Hall–Kier alpha value is -3.19. The summed E-state index contributed by atoms with van der Waals surface area (Å²) in [4.78, 5) is 25.7. The first-order valence-electron chi connectivity index (χ1n) is 11.0. The van der Waals surface area contributed by atoms with E-state index in [4.69, 9.17) is 9.47 Å². The fraction of sp³-hybridized carbons (Fsp3) is 0.400. The average Bonchev–Trinajstić information content (AvgIpc) is 3.46. The number of carbonyl (C=O) groups is 2. The minimum Gasteiger partial charge on any atom is -0.453 e. The van der Waals surface area contributed by atoms with E-state index in [-0.39, 0.29) is 18.4 Å². The van der Waals surface area contributed by atoms with Gasteiger partial charge in [0.1, 0.15) is 0 Å². The Morgan fingerprint density at radius 3 is 2.62 bits per heavy atom. The number of Topliss-reactive ketones (excluding diaryl/α,β-unsaturated/α-hetero) is 1. The van der Waals surface area contributed by atoms with Gasteiger partial charge in [-0.3, -0.25) is 4.79 Å². The molecule has 2 heterocycles. The molecule has 0 unspecified atom stereocenters. The first kappa shape index (κ1) is 22.0. The van der Waals surface area contributed by atoms with Gasteiger partial charge in [-0.2, -0.15) is 5.10 Å². The maximum Gasteiger partial charge on any atom is 0.359 e. The zero-order valence-electron chi connectivity index (χ0n) is 19.1. The van der Waals surface area contributed by atoms with Gasteiger partial charge in [-0.1, -0.05) is 18.2 Å². The van der Waals surface area contributed by atoms with E-state index in [1.165, 1.54) is 0 Å². The molecule has 3 aromatic rings. The molecule has 0 radical (unpaired) electrons. The largest absolute Gasteiger partial charge is 0.453 e. The molecule has 2 aromatic heterocycles. The van der Waals surface area contributed by atoms with Crippen LogP contribution in [0.4, 0.5) is 0 Å². The molecule has 1 aromatic carbocycles. The van der Waals surface area contributed by atoms with Crippen LogP contribution in [0.25, 0.3) is 5.69 Å². The molecular weight excluding hydrogens is 406 g/mol. The zero-order chi connectivity index (χ0) is 22.8. The Labute approximate surface area is 187 Å². The molecule has 0 bridgehead atoms. The van der Waals surface area contributed by atoms with Gasteiger partial charge in [0, 0.05) is 35.3 Å². The van der Waals surface area contributed by atoms with E-state index < -0.39 is 5.97 Å². The Morgan fingerprint density at radius 2 is 1.91 bits per heavy atom. The Morgan fingerprint density at radius 1 is 1.16 bits per heavy atom. The molecule has 4 rings (SSSR count). The molecule has 0 amide bonds. The van der Waals surface area contributed by atoms with Crippen molar-refractivity contribution in [3.63, 3.8) is 0 Å². The van der Waals surface area contributed by atoms with Crippen LogP contribution in [0.5, 0.6) is 0 Å². The van der Waals surface area contributed by atoms with Gasteiger partial charge in [0.15, 0.2) is 12.3 Å². The number of ether oxygens (including phenoxy) is 2. The van der Waals surface area contributed by atoms with Crippen molar-refractivity contribution in [2.24, 2.45) is 0 Å². The molecule has 0 spiro atoms. The van der Waals surface area contributed by atoms with Crippen molar-refractivity contribution in [2.45, 2.75) is 46.1 Å². The fourth-order valence-corrected chi connectivity index (χ4v) is 4.71. The number of fused-ring (bicyclic) bond motifs is 1. The monoisotopic (exact) mass is 435 g/mol. The number of para-hydroxylation sites is 1. The lowest BCUT2D eigenvalue weighted by Crippen LogP contribution is -2.17. The van der Waals surface area contributed by atoms with Crippen LogP contribution in [0.2, 0.25) is 0 Å². The topological polar surface area (TPSA) is 75.3 Å². The number of esters is 1. The molecule has 0 fully saturated rings. The van der Waals surface area contributed by atoms with Crippen molar-refractivity contribution in [3.05, 3.63) is 70.3 Å². The lowest BCUT2D eigenvalue weighted by Gasteiger charge is -2.17. The van der Waals surface area contributed by atoms with E-state index in [9.17, 15) is 9.59 Å². The molecule has 1 atom stereocenters. The van der Waals surface area contributed by atoms with E-state index in [1.807, 2.05) is 61.9 Å². The first-order chi connectivity index (χ1) is 15.4. The van der Waals surface area contributed by atoms with Crippen molar-refractivity contribution in [1.29, 1.82) is 0 Å². The lowest BCUT2D eigenvalue weighted by atomic mass is 10.1. The number of ketones is 1. The van der Waals surface area contributed by atoms with Crippen molar-refractivity contribution in [2.75, 3.05) is 20.3 Å². The third kappa shape index (κ3) is 4.00. The maximum absolute atomic E-state index is 12.9. The number of hydrogen-bond donors (Lipinski definition) is 0. The number of rotatable bonds is 8. The first-order valence-corrected chi connectivity index (χ1v) is 11.0. The van der Waals surface area contributed by atoms with Crippen LogP contribution in [-0.2, 0) is 22.3 Å². The van der Waals surface area contributed by atoms with Crippen LogP contribution in [0.3, 0.4) is 0 Å². The third-order valence-corrected chi connectivity index (χ3v) is 6.09. The van der Waals surface area contributed by atoms with Gasteiger partial charge in [0.2, 0.25) is 5.78 Å². The second-order valence-electron chi connectivity index (χ2n) is 8.33. The minimum absolute atomic E-state index is 0.105. The molecule has 1 aliphatic rings. The van der Waals surface area contributed by atoms with Crippen molar-refractivity contribution in [3.8, 4) is 5.69 Å². The molecule has 7 heteroatoms. The molecule has 32 heavy (non-hydrogen) atoms. The zero-order valence-corrected chi connectivity index (χ0v) is 19.1. The van der Waals surface area contributed by atoms with Crippen LogP contribution in [0.15, 0.2) is 36.4 Å². The van der Waals surface area contributed by atoms with Crippen molar-refractivity contribution >= 4 is 11.8 Å². The highest BCUT2D eigenvalue weighted by molar-refractivity contribution is 6.00. The third-order valence-electron chi connectivity index (χ3n) is 6.09. The molecule has 7 nitrogen and oxygen atoms in total. The normalized spacial score (nSPS) is 13.8. The van der Waals surface area contributed by atoms with Crippen LogP contribution in [0.1, 0.15) is 62.9 Å². The Balaban J connectivity index is 1.51. The molecule has 1 aliphatic carbocycles. The number of nitrogens with zero attached hydrogens (tertiary/aromatic N) is 3. The van der Waals surface area contributed by atoms with Crippen molar-refractivity contribution < 1.29 is 19.1 Å². The smallest absolute Gasteiger partial charge is 0.359 e. The van der Waals surface area contributed by atoms with E-state index in [2.05, 4.69) is 9.67 Å². The van der Waals surface area contributed by atoms with Gasteiger partial charge in [-0.25, -0.2) is 9.48 Å². The molecule has 0 aliphatic heterocycles. The Bertz CT molecular complexity index is 1140. The summed E-state index contributed by atoms with van der Waals surface area (Å²) in [6.45, 7) is 6.15. The SMILES string of the molecule is COC[C@@H](C)n1c(C)cc(C(=O)COC(=O)c2nn(-c3ccccc3)c3c2CCC3)c1C. The van der Waals surface area contributed by atoms with Crippen LogP contribution >= 0.6 is 0 Å². The van der Waals surface area contributed by atoms with Crippen molar-refractivity contribution in [1.82, 2.24) is 14.3 Å². The highest BCUT2D eigenvalue weighted by atomic mass is 16.5. The van der Waals surface area contributed by atoms with Crippen LogP contribution < -0.4 is 0 Å². The van der Waals surface area contributed by atoms with Gasteiger partial charge in [-0.15, -0.1) is 0 Å². The second kappa shape index (κ2) is 9.12. The average molecular weight is 436 g/mol. The van der Waals surface area contributed by atoms with Gasteiger partial charge >= 0.3 is 5.97 Å². The minimum atomic E-state index is -0.548. The standard InChI is InChI=1S/C25H29N3O4/c1-16-13-21(18(3)27(16)17(2)14-31-4)23(29)15-32-25(30)24-20-11-8-12-22(20)28(26-24)19-9-6-5-7-10-19/h5-7,9-10,13,17H,8,11-12,14-15H2,1-4H3/t17-/m1/s1. The highest BCUT2D eigenvalue weighted by Gasteiger charge is 2.28. The number of aryl methyl sites for hydroxylation is 1. The number of methoxy groups -OCH3 is 1. The molecule has 0 saturated carbocycles. The summed E-state index contributed by atoms with van der Waals surface area (Å²) in [5, 5.41) is 4.54. The quantitative estimate of drug-likeness (QED) is 0.395. The predicted octanol–water partition coefficient (Wildman–Crippen LogP) is 4.03. The highest BCUT2D eigenvalue weighted by Crippen LogP contribution is 2.28. The van der Waals surface area contributed by atoms with Gasteiger partial charge in [0.05, 0.1) is 18.3 Å². The van der Waals surface area contributed by atoms with Crippen LogP contribution in [0, 0.1) is 13.8 Å². The Kier molecular flexibility index (Phi) is 6.28.